The largest absolute Gasteiger partial charge is 0.123 e. The van der Waals surface area contributed by atoms with Crippen LogP contribution < -0.4 is 0 Å². The summed E-state index contributed by atoms with van der Waals surface area (Å²) in [7, 11) is 0. The summed E-state index contributed by atoms with van der Waals surface area (Å²) in [5.74, 6) is 1.67. The van der Waals surface area contributed by atoms with E-state index in [2.05, 4.69) is 27.7 Å². The maximum atomic E-state index is 6.54. The van der Waals surface area contributed by atoms with E-state index in [0.717, 1.165) is 18.3 Å². The monoisotopic (exact) mass is 214 g/mol. The predicted molar refractivity (Wildman–Crippen MR) is 62.7 cm³/mol. The number of hydrogen-bond acceptors (Lipinski definition) is 0. The zero-order valence-corrected chi connectivity index (χ0v) is 10.7. The number of alkyl halides is 1. The van der Waals surface area contributed by atoms with E-state index in [4.69, 9.17) is 11.6 Å². The molecule has 0 N–H and O–H groups in total. The second-order valence-corrected chi connectivity index (χ2v) is 6.88. The van der Waals surface area contributed by atoms with Gasteiger partial charge in [0.05, 0.1) is 0 Å². The fourth-order valence-corrected chi connectivity index (χ4v) is 5.11. The molecule has 0 radical (unpaired) electrons. The Bertz CT molecular complexity index is 229. The van der Waals surface area contributed by atoms with Crippen molar-refractivity contribution in [3.8, 4) is 0 Å². The summed E-state index contributed by atoms with van der Waals surface area (Å²) in [4.78, 5) is 0. The molecule has 0 amide bonds. The first-order chi connectivity index (χ1) is 6.42. The molecular weight excluding hydrogens is 192 g/mol. The molecular formula is C13H23Cl. The Hall–Kier alpha value is 0.290. The Morgan fingerprint density at radius 1 is 1.36 bits per heavy atom. The third-order valence-corrected chi connectivity index (χ3v) is 5.69. The van der Waals surface area contributed by atoms with E-state index in [0.29, 0.717) is 16.2 Å². The molecule has 14 heavy (non-hydrogen) atoms. The Labute approximate surface area is 93.4 Å². The lowest BCUT2D eigenvalue weighted by molar-refractivity contribution is 0.0698. The molecule has 0 aromatic rings. The lowest BCUT2D eigenvalue weighted by atomic mass is 9.62. The molecule has 0 aromatic heterocycles. The molecule has 0 aliphatic heterocycles. The summed E-state index contributed by atoms with van der Waals surface area (Å²) < 4.78 is 0. The maximum Gasteiger partial charge on any atom is 0.0372 e. The first kappa shape index (κ1) is 10.8. The molecule has 2 aliphatic rings. The van der Waals surface area contributed by atoms with Gasteiger partial charge < -0.3 is 0 Å². The molecule has 82 valence electrons. The number of rotatable bonds is 2. The van der Waals surface area contributed by atoms with Crippen molar-refractivity contribution >= 4 is 11.6 Å². The molecule has 1 heteroatoms. The second-order valence-electron chi connectivity index (χ2n) is 6.32. The topological polar surface area (TPSA) is 0 Å². The molecule has 0 saturated heterocycles. The van der Waals surface area contributed by atoms with Crippen LogP contribution in [0.5, 0.6) is 0 Å². The highest BCUT2D eigenvalue weighted by molar-refractivity contribution is 6.20. The zero-order chi connectivity index (χ0) is 10.6. The highest BCUT2D eigenvalue weighted by Crippen LogP contribution is 2.67. The second kappa shape index (κ2) is 3.14. The van der Waals surface area contributed by atoms with Gasteiger partial charge in [-0.25, -0.2) is 0 Å². The van der Waals surface area contributed by atoms with Crippen LogP contribution in [0.1, 0.15) is 53.4 Å². The highest BCUT2D eigenvalue weighted by atomic mass is 35.5. The first-order valence-electron chi connectivity index (χ1n) is 6.06. The van der Waals surface area contributed by atoms with Crippen molar-refractivity contribution < 1.29 is 0 Å². The van der Waals surface area contributed by atoms with E-state index >= 15 is 0 Å². The molecule has 0 aromatic carbocycles. The Balaban J connectivity index is 2.30. The third-order valence-electron chi connectivity index (χ3n) is 5.13. The van der Waals surface area contributed by atoms with E-state index < -0.39 is 0 Å². The third kappa shape index (κ3) is 1.26. The van der Waals surface area contributed by atoms with Crippen LogP contribution in [0.3, 0.4) is 0 Å². The molecule has 2 aliphatic carbocycles. The van der Waals surface area contributed by atoms with E-state index in [-0.39, 0.29) is 0 Å². The molecule has 2 rings (SSSR count). The number of halogens is 1. The molecule has 4 atom stereocenters. The first-order valence-corrected chi connectivity index (χ1v) is 6.49. The van der Waals surface area contributed by atoms with Gasteiger partial charge in [0, 0.05) is 5.38 Å². The van der Waals surface area contributed by atoms with Crippen LogP contribution in [0.4, 0.5) is 0 Å². The van der Waals surface area contributed by atoms with Gasteiger partial charge in [-0.2, -0.15) is 0 Å². The van der Waals surface area contributed by atoms with Gasteiger partial charge in [0.2, 0.25) is 0 Å². The lowest BCUT2D eigenvalue weighted by Crippen LogP contribution is -2.40. The number of hydrogen-bond donors (Lipinski definition) is 0. The minimum atomic E-state index is 0.389. The summed E-state index contributed by atoms with van der Waals surface area (Å²) in [6, 6.07) is 0. The molecule has 4 unspecified atom stereocenters. The summed E-state index contributed by atoms with van der Waals surface area (Å²) in [6.07, 6.45) is 5.40. The van der Waals surface area contributed by atoms with Crippen LogP contribution >= 0.6 is 11.6 Å². The maximum absolute atomic E-state index is 6.54. The molecule has 2 saturated carbocycles. The average Bonchev–Trinajstić information content (AvgIpc) is 2.55. The Kier molecular flexibility index (Phi) is 2.42. The molecule has 0 spiro atoms. The van der Waals surface area contributed by atoms with Gasteiger partial charge in [0.1, 0.15) is 0 Å². The minimum absolute atomic E-state index is 0.389. The van der Waals surface area contributed by atoms with Gasteiger partial charge in [-0.15, -0.1) is 11.6 Å². The van der Waals surface area contributed by atoms with E-state index in [9.17, 15) is 0 Å². The van der Waals surface area contributed by atoms with Gasteiger partial charge in [0.25, 0.3) is 0 Å². The Morgan fingerprint density at radius 3 is 2.43 bits per heavy atom. The number of fused-ring (bicyclic) bond motifs is 2. The van der Waals surface area contributed by atoms with Crippen LogP contribution in [0.2, 0.25) is 0 Å². The average molecular weight is 215 g/mol. The van der Waals surface area contributed by atoms with Crippen LogP contribution in [0, 0.1) is 22.7 Å². The summed E-state index contributed by atoms with van der Waals surface area (Å²) in [5, 5.41) is 0.389. The van der Waals surface area contributed by atoms with Gasteiger partial charge in [-0.3, -0.25) is 0 Å². The summed E-state index contributed by atoms with van der Waals surface area (Å²) in [5.41, 5.74) is 1.03. The van der Waals surface area contributed by atoms with E-state index in [1.54, 1.807) is 0 Å². The van der Waals surface area contributed by atoms with Gasteiger partial charge in [-0.1, -0.05) is 27.7 Å². The van der Waals surface area contributed by atoms with E-state index in [1.165, 1.54) is 19.3 Å². The fraction of sp³-hybridized carbons (Fsp3) is 1.00. The normalized spacial score (nSPS) is 46.9. The van der Waals surface area contributed by atoms with Crippen LogP contribution in [0.25, 0.3) is 0 Å². The molecule has 0 nitrogen and oxygen atoms in total. The van der Waals surface area contributed by atoms with Crippen molar-refractivity contribution in [2.45, 2.75) is 58.8 Å². The van der Waals surface area contributed by atoms with Crippen molar-refractivity contribution in [1.29, 1.82) is 0 Å². The fourth-order valence-electron chi connectivity index (χ4n) is 4.48. The van der Waals surface area contributed by atoms with Gasteiger partial charge in [0.15, 0.2) is 0 Å². The quantitative estimate of drug-likeness (QED) is 0.596. The predicted octanol–water partition coefficient (Wildman–Crippen LogP) is 4.47. The minimum Gasteiger partial charge on any atom is -0.123 e. The SMILES string of the molecule is CCC(Cl)C1C2(C)CCC(C2)C1(C)C. The van der Waals surface area contributed by atoms with Crippen molar-refractivity contribution in [1.82, 2.24) is 0 Å². The van der Waals surface area contributed by atoms with Gasteiger partial charge in [-0.05, 0) is 48.3 Å². The van der Waals surface area contributed by atoms with Crippen molar-refractivity contribution in [3.05, 3.63) is 0 Å². The highest BCUT2D eigenvalue weighted by Gasteiger charge is 2.60. The van der Waals surface area contributed by atoms with Crippen molar-refractivity contribution in [3.63, 3.8) is 0 Å². The van der Waals surface area contributed by atoms with Gasteiger partial charge >= 0.3 is 0 Å². The van der Waals surface area contributed by atoms with Crippen LogP contribution in [-0.2, 0) is 0 Å². The smallest absolute Gasteiger partial charge is 0.0372 e. The van der Waals surface area contributed by atoms with Crippen molar-refractivity contribution in [2.75, 3.05) is 0 Å². The van der Waals surface area contributed by atoms with E-state index in [1.807, 2.05) is 0 Å². The summed E-state index contributed by atoms with van der Waals surface area (Å²) >= 11 is 6.54. The molecule has 0 heterocycles. The van der Waals surface area contributed by atoms with Crippen molar-refractivity contribution in [2.24, 2.45) is 22.7 Å². The summed E-state index contributed by atoms with van der Waals surface area (Å²) in [6.45, 7) is 9.58. The molecule has 2 fully saturated rings. The Morgan fingerprint density at radius 2 is 2.00 bits per heavy atom. The molecule has 2 bridgehead atoms. The van der Waals surface area contributed by atoms with Crippen LogP contribution in [0.15, 0.2) is 0 Å². The van der Waals surface area contributed by atoms with Crippen LogP contribution in [-0.4, -0.2) is 5.38 Å². The zero-order valence-electron chi connectivity index (χ0n) is 9.94. The lowest BCUT2D eigenvalue weighted by Gasteiger charge is -2.45. The standard InChI is InChI=1S/C13H23Cl/c1-5-10(14)11-12(2,3)9-6-7-13(11,4)8-9/h9-11H,5-8H2,1-4H3.